The van der Waals surface area contributed by atoms with Gasteiger partial charge in [-0.05, 0) is 25.3 Å². The Bertz CT molecular complexity index is 483. The van der Waals surface area contributed by atoms with Crippen LogP contribution in [-0.2, 0) is 0 Å². The van der Waals surface area contributed by atoms with Gasteiger partial charge in [-0.25, -0.2) is 0 Å². The largest absolute Gasteiger partial charge is 0.310 e. The van der Waals surface area contributed by atoms with Crippen LogP contribution in [0.25, 0.3) is 11.4 Å². The lowest BCUT2D eigenvalue weighted by Crippen LogP contribution is -1.97. The van der Waals surface area contributed by atoms with E-state index in [1.54, 1.807) is 0 Å². The van der Waals surface area contributed by atoms with Crippen molar-refractivity contribution in [3.05, 3.63) is 36.2 Å². The molecule has 2 aromatic rings. The summed E-state index contributed by atoms with van der Waals surface area (Å²) in [5.74, 6) is 1.01. The fourth-order valence-corrected chi connectivity index (χ4v) is 1.88. The third-order valence-corrected chi connectivity index (χ3v) is 2.90. The smallest absolute Gasteiger partial charge is 0.164 e. The quantitative estimate of drug-likeness (QED) is 0.744. The van der Waals surface area contributed by atoms with Crippen LogP contribution in [0.5, 0.6) is 0 Å². The molecular formula is C12H13N3. The van der Waals surface area contributed by atoms with E-state index < -0.39 is 0 Å². The van der Waals surface area contributed by atoms with Gasteiger partial charge in [0.25, 0.3) is 0 Å². The van der Waals surface area contributed by atoms with E-state index >= 15 is 0 Å². The molecular weight excluding hydrogens is 186 g/mol. The average Bonchev–Trinajstić information content (AvgIpc) is 2.98. The summed E-state index contributed by atoms with van der Waals surface area (Å²) in [5.41, 5.74) is 2.45. The predicted octanol–water partition coefficient (Wildman–Crippen LogP) is 2.59. The summed E-state index contributed by atoms with van der Waals surface area (Å²) in [6.45, 7) is 2.11. The second kappa shape index (κ2) is 3.19. The lowest BCUT2D eigenvalue weighted by atomic mass is 10.1. The van der Waals surface area contributed by atoms with Crippen molar-refractivity contribution in [2.75, 3.05) is 0 Å². The van der Waals surface area contributed by atoms with E-state index in [9.17, 15) is 0 Å². The number of aromatic nitrogens is 3. The number of benzene rings is 1. The fourth-order valence-electron chi connectivity index (χ4n) is 1.88. The van der Waals surface area contributed by atoms with Crippen LogP contribution < -0.4 is 0 Å². The summed E-state index contributed by atoms with van der Waals surface area (Å²) in [6.07, 6.45) is 4.37. The van der Waals surface area contributed by atoms with Crippen molar-refractivity contribution in [2.24, 2.45) is 0 Å². The molecule has 0 amide bonds. The van der Waals surface area contributed by atoms with Gasteiger partial charge >= 0.3 is 0 Å². The third kappa shape index (κ3) is 1.44. The van der Waals surface area contributed by atoms with Crippen molar-refractivity contribution in [3.8, 4) is 11.4 Å². The molecule has 1 aliphatic carbocycles. The first-order valence-corrected chi connectivity index (χ1v) is 5.32. The van der Waals surface area contributed by atoms with Crippen LogP contribution in [0.3, 0.4) is 0 Å². The maximum absolute atomic E-state index is 4.22. The highest BCUT2D eigenvalue weighted by Gasteiger charge is 2.26. The van der Waals surface area contributed by atoms with Crippen LogP contribution in [0.2, 0.25) is 0 Å². The molecule has 0 spiro atoms. The Hall–Kier alpha value is -1.64. The standard InChI is InChI=1S/C12H13N3/c1-9-4-2-3-5-11(9)12-14-13-8-15(12)10-6-7-10/h2-5,8,10H,6-7H2,1H3. The van der Waals surface area contributed by atoms with E-state index in [1.807, 2.05) is 12.4 Å². The van der Waals surface area contributed by atoms with Crippen LogP contribution in [0.15, 0.2) is 30.6 Å². The zero-order chi connectivity index (χ0) is 10.3. The average molecular weight is 199 g/mol. The summed E-state index contributed by atoms with van der Waals surface area (Å²) in [4.78, 5) is 0. The van der Waals surface area contributed by atoms with Crippen LogP contribution in [0.4, 0.5) is 0 Å². The first-order valence-electron chi connectivity index (χ1n) is 5.32. The Morgan fingerprint density at radius 1 is 1.27 bits per heavy atom. The normalized spacial score (nSPS) is 15.5. The zero-order valence-corrected chi connectivity index (χ0v) is 8.72. The minimum Gasteiger partial charge on any atom is -0.310 e. The Kier molecular flexibility index (Phi) is 1.84. The molecule has 3 nitrogen and oxygen atoms in total. The number of hydrogen-bond donors (Lipinski definition) is 0. The van der Waals surface area contributed by atoms with Crippen LogP contribution in [0, 0.1) is 6.92 Å². The van der Waals surface area contributed by atoms with Crippen molar-refractivity contribution >= 4 is 0 Å². The molecule has 1 fully saturated rings. The molecule has 76 valence electrons. The Morgan fingerprint density at radius 3 is 2.80 bits per heavy atom. The Labute approximate surface area is 88.8 Å². The predicted molar refractivity (Wildman–Crippen MR) is 58.5 cm³/mol. The van der Waals surface area contributed by atoms with E-state index in [0.717, 1.165) is 5.82 Å². The fraction of sp³-hybridized carbons (Fsp3) is 0.333. The lowest BCUT2D eigenvalue weighted by Gasteiger charge is -2.06. The summed E-state index contributed by atoms with van der Waals surface area (Å²) < 4.78 is 2.20. The van der Waals surface area contributed by atoms with Crippen LogP contribution >= 0.6 is 0 Å². The maximum atomic E-state index is 4.22. The van der Waals surface area contributed by atoms with E-state index in [4.69, 9.17) is 0 Å². The second-order valence-corrected chi connectivity index (χ2v) is 4.11. The molecule has 0 unspecified atom stereocenters. The van der Waals surface area contributed by atoms with Crippen molar-refractivity contribution in [3.63, 3.8) is 0 Å². The second-order valence-electron chi connectivity index (χ2n) is 4.11. The highest BCUT2D eigenvalue weighted by molar-refractivity contribution is 5.59. The molecule has 1 saturated carbocycles. The van der Waals surface area contributed by atoms with Gasteiger partial charge in [0.05, 0.1) is 0 Å². The molecule has 3 heteroatoms. The zero-order valence-electron chi connectivity index (χ0n) is 8.72. The van der Waals surface area contributed by atoms with Crippen molar-refractivity contribution in [1.82, 2.24) is 14.8 Å². The van der Waals surface area contributed by atoms with Gasteiger partial charge in [-0.2, -0.15) is 0 Å². The monoisotopic (exact) mass is 199 g/mol. The molecule has 0 saturated heterocycles. The maximum Gasteiger partial charge on any atom is 0.164 e. The molecule has 0 radical (unpaired) electrons. The van der Waals surface area contributed by atoms with E-state index in [1.165, 1.54) is 24.0 Å². The lowest BCUT2D eigenvalue weighted by molar-refractivity contribution is 0.745. The van der Waals surface area contributed by atoms with Gasteiger partial charge in [-0.3, -0.25) is 0 Å². The van der Waals surface area contributed by atoms with Gasteiger partial charge in [0.15, 0.2) is 5.82 Å². The van der Waals surface area contributed by atoms with Gasteiger partial charge in [-0.1, -0.05) is 24.3 Å². The van der Waals surface area contributed by atoms with E-state index in [2.05, 4.69) is 39.9 Å². The van der Waals surface area contributed by atoms with E-state index in [0.29, 0.717) is 6.04 Å². The molecule has 1 aromatic carbocycles. The number of rotatable bonds is 2. The summed E-state index contributed by atoms with van der Waals surface area (Å²) in [5, 5.41) is 8.24. The first kappa shape index (κ1) is 8.65. The minimum absolute atomic E-state index is 0.634. The van der Waals surface area contributed by atoms with Gasteiger partial charge in [0.2, 0.25) is 0 Å². The molecule has 15 heavy (non-hydrogen) atoms. The highest BCUT2D eigenvalue weighted by Crippen LogP contribution is 2.37. The van der Waals surface area contributed by atoms with E-state index in [-0.39, 0.29) is 0 Å². The first-order chi connectivity index (χ1) is 7.36. The van der Waals surface area contributed by atoms with Crippen molar-refractivity contribution < 1.29 is 0 Å². The van der Waals surface area contributed by atoms with Crippen molar-refractivity contribution in [2.45, 2.75) is 25.8 Å². The van der Waals surface area contributed by atoms with Crippen molar-refractivity contribution in [1.29, 1.82) is 0 Å². The summed E-state index contributed by atoms with van der Waals surface area (Å²) in [7, 11) is 0. The molecule has 0 bridgehead atoms. The van der Waals surface area contributed by atoms with Gasteiger partial charge < -0.3 is 4.57 Å². The minimum atomic E-state index is 0.634. The molecule has 0 atom stereocenters. The molecule has 1 aromatic heterocycles. The van der Waals surface area contributed by atoms with Gasteiger partial charge in [-0.15, -0.1) is 10.2 Å². The topological polar surface area (TPSA) is 30.7 Å². The number of nitrogens with zero attached hydrogens (tertiary/aromatic N) is 3. The van der Waals surface area contributed by atoms with Gasteiger partial charge in [0, 0.05) is 11.6 Å². The van der Waals surface area contributed by atoms with Crippen LogP contribution in [0.1, 0.15) is 24.4 Å². The summed E-state index contributed by atoms with van der Waals surface area (Å²) >= 11 is 0. The summed E-state index contributed by atoms with van der Waals surface area (Å²) in [6, 6.07) is 8.96. The van der Waals surface area contributed by atoms with Crippen LogP contribution in [-0.4, -0.2) is 14.8 Å². The highest BCUT2D eigenvalue weighted by atomic mass is 15.3. The number of aryl methyl sites for hydroxylation is 1. The molecule has 0 aliphatic heterocycles. The molecule has 0 N–H and O–H groups in total. The number of hydrogen-bond acceptors (Lipinski definition) is 2. The SMILES string of the molecule is Cc1ccccc1-c1nncn1C1CC1. The molecule has 1 heterocycles. The third-order valence-electron chi connectivity index (χ3n) is 2.90. The van der Waals surface area contributed by atoms with Gasteiger partial charge in [0.1, 0.15) is 6.33 Å². The molecule has 3 rings (SSSR count). The Morgan fingerprint density at radius 2 is 2.07 bits per heavy atom. The Balaban J connectivity index is 2.12. The molecule has 1 aliphatic rings.